The number of hydrogen-bond donors (Lipinski definition) is 2. The predicted octanol–water partition coefficient (Wildman–Crippen LogP) is 3.74. The summed E-state index contributed by atoms with van der Waals surface area (Å²) < 4.78 is 6.06. The second-order valence-corrected chi connectivity index (χ2v) is 7.75. The third-order valence-electron chi connectivity index (χ3n) is 5.28. The number of rotatable bonds is 8. The van der Waals surface area contributed by atoms with Gasteiger partial charge in [-0.2, -0.15) is 0 Å². The molecule has 0 radical (unpaired) electrons. The number of carbonyl (C=O) groups is 2. The van der Waals surface area contributed by atoms with Crippen LogP contribution in [0.2, 0.25) is 0 Å². The Morgan fingerprint density at radius 1 is 1.13 bits per heavy atom. The van der Waals surface area contributed by atoms with Gasteiger partial charge >= 0.3 is 0 Å². The molecule has 0 aliphatic heterocycles. The Bertz CT molecular complexity index is 940. The Kier molecular flexibility index (Phi) is 7.59. The summed E-state index contributed by atoms with van der Waals surface area (Å²) in [5, 5.41) is 16.2. The zero-order valence-corrected chi connectivity index (χ0v) is 17.5. The lowest BCUT2D eigenvalue weighted by Crippen LogP contribution is -2.44. The third kappa shape index (κ3) is 6.53. The van der Waals surface area contributed by atoms with Crippen LogP contribution in [0.3, 0.4) is 0 Å². The molecule has 1 aliphatic rings. The van der Waals surface area contributed by atoms with Crippen molar-refractivity contribution in [2.75, 3.05) is 0 Å². The fourth-order valence-electron chi connectivity index (χ4n) is 3.55. The van der Waals surface area contributed by atoms with E-state index < -0.39 is 16.9 Å². The quantitative estimate of drug-likeness (QED) is 0.494. The molecule has 3 rings (SSSR count). The second kappa shape index (κ2) is 10.6. The molecule has 1 unspecified atom stereocenters. The molecule has 0 saturated heterocycles. The average molecular weight is 425 g/mol. The fraction of sp³-hybridized carbons (Fsp3) is 0.391. The van der Waals surface area contributed by atoms with Gasteiger partial charge in [-0.3, -0.25) is 19.7 Å². The minimum absolute atomic E-state index is 0.126. The van der Waals surface area contributed by atoms with Gasteiger partial charge < -0.3 is 15.4 Å². The van der Waals surface area contributed by atoms with E-state index >= 15 is 0 Å². The normalized spacial score (nSPS) is 15.0. The number of non-ortho nitro benzene ring substituents is 1. The van der Waals surface area contributed by atoms with Crippen LogP contribution in [0.5, 0.6) is 5.75 Å². The van der Waals surface area contributed by atoms with Gasteiger partial charge in [0.2, 0.25) is 5.91 Å². The Morgan fingerprint density at radius 2 is 1.87 bits per heavy atom. The molecule has 8 heteroatoms. The molecule has 1 aliphatic carbocycles. The SMILES string of the molecule is CC(NC(=O)c1cccc([N+](=O)[O-])c1)C(=O)NCc1cccc(OC2CCCCC2)c1. The van der Waals surface area contributed by atoms with Gasteiger partial charge in [-0.15, -0.1) is 0 Å². The van der Waals surface area contributed by atoms with E-state index in [-0.39, 0.29) is 23.3 Å². The van der Waals surface area contributed by atoms with Crippen molar-refractivity contribution in [1.82, 2.24) is 10.6 Å². The molecular weight excluding hydrogens is 398 g/mol. The van der Waals surface area contributed by atoms with Crippen molar-refractivity contribution in [3.8, 4) is 5.75 Å². The van der Waals surface area contributed by atoms with Crippen LogP contribution in [0, 0.1) is 10.1 Å². The van der Waals surface area contributed by atoms with Crippen LogP contribution in [-0.2, 0) is 11.3 Å². The van der Waals surface area contributed by atoms with E-state index in [1.165, 1.54) is 43.5 Å². The van der Waals surface area contributed by atoms with Gasteiger partial charge in [-0.1, -0.05) is 24.6 Å². The van der Waals surface area contributed by atoms with Gasteiger partial charge in [0.05, 0.1) is 11.0 Å². The lowest BCUT2D eigenvalue weighted by atomic mass is 9.98. The first kappa shape index (κ1) is 22.3. The topological polar surface area (TPSA) is 111 Å². The summed E-state index contributed by atoms with van der Waals surface area (Å²) in [4.78, 5) is 35.0. The molecule has 1 fully saturated rings. The maximum absolute atomic E-state index is 12.4. The van der Waals surface area contributed by atoms with Crippen molar-refractivity contribution in [2.45, 2.75) is 57.7 Å². The zero-order chi connectivity index (χ0) is 22.2. The minimum atomic E-state index is -0.798. The predicted molar refractivity (Wildman–Crippen MR) is 116 cm³/mol. The highest BCUT2D eigenvalue weighted by Gasteiger charge is 2.18. The number of nitrogens with one attached hydrogen (secondary N) is 2. The van der Waals surface area contributed by atoms with E-state index in [0.29, 0.717) is 6.54 Å². The van der Waals surface area contributed by atoms with E-state index in [9.17, 15) is 19.7 Å². The Labute approximate surface area is 181 Å². The number of nitrogens with zero attached hydrogens (tertiary/aromatic N) is 1. The summed E-state index contributed by atoms with van der Waals surface area (Å²) in [5.74, 6) is -0.0997. The number of carbonyl (C=O) groups excluding carboxylic acids is 2. The Morgan fingerprint density at radius 3 is 2.61 bits per heavy atom. The lowest BCUT2D eigenvalue weighted by Gasteiger charge is -2.23. The molecule has 0 bridgehead atoms. The standard InChI is InChI=1S/C23H27N3O5/c1-16(25-23(28)18-8-6-9-19(14-18)26(29)30)22(27)24-15-17-7-5-12-21(13-17)31-20-10-3-2-4-11-20/h5-9,12-14,16,20H,2-4,10-11,15H2,1H3,(H,24,27)(H,25,28). The summed E-state index contributed by atoms with van der Waals surface area (Å²) in [5.41, 5.74) is 0.848. The van der Waals surface area contributed by atoms with Gasteiger partial charge in [-0.25, -0.2) is 0 Å². The van der Waals surface area contributed by atoms with Crippen molar-refractivity contribution in [1.29, 1.82) is 0 Å². The molecule has 8 nitrogen and oxygen atoms in total. The second-order valence-electron chi connectivity index (χ2n) is 7.75. The third-order valence-corrected chi connectivity index (χ3v) is 5.28. The number of ether oxygens (including phenoxy) is 1. The smallest absolute Gasteiger partial charge is 0.270 e. The van der Waals surface area contributed by atoms with Crippen LogP contribution >= 0.6 is 0 Å². The van der Waals surface area contributed by atoms with Crippen molar-refractivity contribution in [3.05, 3.63) is 69.8 Å². The van der Waals surface area contributed by atoms with Crippen LogP contribution in [0.4, 0.5) is 5.69 Å². The van der Waals surface area contributed by atoms with E-state index in [4.69, 9.17) is 4.74 Å². The van der Waals surface area contributed by atoms with Gasteiger partial charge in [0.1, 0.15) is 11.8 Å². The number of hydrogen-bond acceptors (Lipinski definition) is 5. The summed E-state index contributed by atoms with van der Waals surface area (Å²) in [6.45, 7) is 1.87. The fourth-order valence-corrected chi connectivity index (χ4v) is 3.55. The molecule has 2 N–H and O–H groups in total. The highest BCUT2D eigenvalue weighted by molar-refractivity contribution is 5.97. The van der Waals surface area contributed by atoms with Gasteiger partial charge in [0.25, 0.3) is 11.6 Å². The van der Waals surface area contributed by atoms with Crippen molar-refractivity contribution >= 4 is 17.5 Å². The zero-order valence-electron chi connectivity index (χ0n) is 17.5. The Balaban J connectivity index is 1.50. The maximum Gasteiger partial charge on any atom is 0.270 e. The lowest BCUT2D eigenvalue weighted by molar-refractivity contribution is -0.384. The maximum atomic E-state index is 12.4. The first-order valence-corrected chi connectivity index (χ1v) is 10.5. The number of amides is 2. The van der Waals surface area contributed by atoms with Crippen molar-refractivity contribution < 1.29 is 19.2 Å². The summed E-state index contributed by atoms with van der Waals surface area (Å²) in [7, 11) is 0. The van der Waals surface area contributed by atoms with Crippen LogP contribution in [0.15, 0.2) is 48.5 Å². The van der Waals surface area contributed by atoms with Crippen molar-refractivity contribution in [2.24, 2.45) is 0 Å². The van der Waals surface area contributed by atoms with Crippen molar-refractivity contribution in [3.63, 3.8) is 0 Å². The first-order chi connectivity index (χ1) is 14.9. The molecule has 164 valence electrons. The molecule has 2 aromatic rings. The molecule has 0 aromatic heterocycles. The van der Waals surface area contributed by atoms with E-state index in [1.54, 1.807) is 6.92 Å². The highest BCUT2D eigenvalue weighted by atomic mass is 16.6. The molecule has 2 aromatic carbocycles. The summed E-state index contributed by atoms with van der Waals surface area (Å²) in [6.07, 6.45) is 6.05. The van der Waals surface area contributed by atoms with Gasteiger partial charge in [0, 0.05) is 24.2 Å². The minimum Gasteiger partial charge on any atom is -0.490 e. The molecule has 0 heterocycles. The number of nitro benzene ring substituents is 1. The number of benzene rings is 2. The molecule has 2 amide bonds. The average Bonchev–Trinajstić information content (AvgIpc) is 2.78. The molecule has 1 atom stereocenters. The van der Waals surface area contributed by atoms with Crippen LogP contribution < -0.4 is 15.4 Å². The first-order valence-electron chi connectivity index (χ1n) is 10.5. The van der Waals surface area contributed by atoms with Crippen LogP contribution in [-0.4, -0.2) is 28.9 Å². The molecule has 31 heavy (non-hydrogen) atoms. The molecule has 0 spiro atoms. The van der Waals surface area contributed by atoms with Crippen LogP contribution in [0.1, 0.15) is 54.9 Å². The molecule has 1 saturated carbocycles. The van der Waals surface area contributed by atoms with Gasteiger partial charge in [0.15, 0.2) is 0 Å². The highest BCUT2D eigenvalue weighted by Crippen LogP contribution is 2.24. The molecular formula is C23H27N3O5. The Hall–Kier alpha value is -3.42. The summed E-state index contributed by atoms with van der Waals surface area (Å²) in [6, 6.07) is 12.2. The van der Waals surface area contributed by atoms with Gasteiger partial charge in [-0.05, 0) is 56.4 Å². The van der Waals surface area contributed by atoms with Crippen LogP contribution in [0.25, 0.3) is 0 Å². The van der Waals surface area contributed by atoms with E-state index in [2.05, 4.69) is 10.6 Å². The largest absolute Gasteiger partial charge is 0.490 e. The number of nitro groups is 1. The van der Waals surface area contributed by atoms with E-state index in [1.807, 2.05) is 24.3 Å². The van der Waals surface area contributed by atoms with E-state index in [0.717, 1.165) is 24.2 Å². The monoisotopic (exact) mass is 425 g/mol. The summed E-state index contributed by atoms with van der Waals surface area (Å²) >= 11 is 0.